The van der Waals surface area contributed by atoms with Gasteiger partial charge in [0.25, 0.3) is 5.91 Å². The molecule has 1 aliphatic heterocycles. The molecule has 4 heterocycles. The molecule has 1 aliphatic carbocycles. The molecule has 1 amide bonds. The number of aromatic nitrogens is 4. The van der Waals surface area contributed by atoms with Crippen LogP contribution in [0, 0.1) is 0 Å². The predicted octanol–water partition coefficient (Wildman–Crippen LogP) is 4.50. The lowest BCUT2D eigenvalue weighted by molar-refractivity contribution is 0.0704. The number of rotatable bonds is 2. The maximum absolute atomic E-state index is 13.5. The van der Waals surface area contributed by atoms with Crippen LogP contribution in [0.1, 0.15) is 65.5 Å². The fourth-order valence-electron chi connectivity index (χ4n) is 5.41. The molecule has 0 saturated carbocycles. The van der Waals surface area contributed by atoms with Crippen molar-refractivity contribution in [2.45, 2.75) is 50.9 Å². The molecule has 0 radical (unpaired) electrons. The molecule has 4 aromatic rings. The van der Waals surface area contributed by atoms with Gasteiger partial charge >= 0.3 is 0 Å². The number of H-pyrrole nitrogens is 1. The summed E-state index contributed by atoms with van der Waals surface area (Å²) < 4.78 is 2.06. The second-order valence-corrected chi connectivity index (χ2v) is 8.98. The first-order valence-corrected chi connectivity index (χ1v) is 11.5. The minimum Gasteiger partial charge on any atom is -0.358 e. The smallest absolute Gasteiger partial charge is 0.253 e. The number of fused-ring (bicyclic) bond motifs is 4. The van der Waals surface area contributed by atoms with Crippen LogP contribution in [0.2, 0.25) is 0 Å². The topological polar surface area (TPSA) is 66.3 Å². The third-order valence-corrected chi connectivity index (χ3v) is 7.01. The zero-order chi connectivity index (χ0) is 20.8. The number of amides is 1. The summed E-state index contributed by atoms with van der Waals surface area (Å²) in [6, 6.07) is 12.1. The number of carbonyl (C=O) groups excluding carboxylic acids is 1. The van der Waals surface area contributed by atoms with Crippen molar-refractivity contribution in [3.8, 4) is 0 Å². The molecule has 0 bridgehead atoms. The third kappa shape index (κ3) is 3.21. The first-order valence-electron chi connectivity index (χ1n) is 11.5. The summed E-state index contributed by atoms with van der Waals surface area (Å²) in [5.41, 5.74) is 5.61. The number of carbonyl (C=O) groups is 1. The van der Waals surface area contributed by atoms with Gasteiger partial charge in [-0.3, -0.25) is 9.20 Å². The number of pyridine rings is 1. The molecule has 3 aromatic heterocycles. The highest BCUT2D eigenvalue weighted by Gasteiger charge is 2.29. The van der Waals surface area contributed by atoms with Crippen molar-refractivity contribution in [3.05, 3.63) is 65.2 Å². The monoisotopic (exact) mass is 413 g/mol. The predicted molar refractivity (Wildman–Crippen MR) is 120 cm³/mol. The lowest BCUT2D eigenvalue weighted by atomic mass is 9.96. The number of aromatic amines is 1. The van der Waals surface area contributed by atoms with Crippen LogP contribution >= 0.6 is 0 Å². The average Bonchev–Trinajstić information content (AvgIpc) is 3.32. The zero-order valence-electron chi connectivity index (χ0n) is 17.7. The Morgan fingerprint density at radius 1 is 1.03 bits per heavy atom. The van der Waals surface area contributed by atoms with Gasteiger partial charge in [0.2, 0.25) is 0 Å². The normalized spacial score (nSPS) is 19.5. The Bertz CT molecular complexity index is 1270. The molecule has 6 heteroatoms. The Morgan fingerprint density at radius 3 is 2.94 bits per heavy atom. The van der Waals surface area contributed by atoms with Crippen LogP contribution in [0.4, 0.5) is 0 Å². The maximum Gasteiger partial charge on any atom is 0.253 e. The molecule has 1 aromatic carbocycles. The zero-order valence-corrected chi connectivity index (χ0v) is 17.7. The highest BCUT2D eigenvalue weighted by Crippen LogP contribution is 2.31. The SMILES string of the molecule is O=C(c1ccc2[nH]c3c(c2c1)CCCCC3)N1CCC[C@H](c2nnc3ccccn23)C1. The molecule has 1 atom stereocenters. The number of hydrogen-bond donors (Lipinski definition) is 1. The average molecular weight is 414 g/mol. The summed E-state index contributed by atoms with van der Waals surface area (Å²) in [6.45, 7) is 1.49. The molecule has 1 saturated heterocycles. The number of aryl methyl sites for hydroxylation is 2. The van der Waals surface area contributed by atoms with Crippen molar-refractivity contribution in [2.75, 3.05) is 13.1 Å². The van der Waals surface area contributed by atoms with Crippen LogP contribution in [0.5, 0.6) is 0 Å². The minimum absolute atomic E-state index is 0.129. The van der Waals surface area contributed by atoms with Gasteiger partial charge in [0.15, 0.2) is 5.65 Å². The first-order chi connectivity index (χ1) is 15.3. The quantitative estimate of drug-likeness (QED) is 0.492. The molecule has 31 heavy (non-hydrogen) atoms. The molecule has 0 unspecified atom stereocenters. The van der Waals surface area contributed by atoms with Gasteiger partial charge in [-0.25, -0.2) is 0 Å². The summed E-state index contributed by atoms with van der Waals surface area (Å²) in [5.74, 6) is 1.30. The van der Waals surface area contributed by atoms with Crippen molar-refractivity contribution in [3.63, 3.8) is 0 Å². The molecule has 1 fully saturated rings. The summed E-state index contributed by atoms with van der Waals surface area (Å²) in [6.07, 6.45) is 10.0. The standard InChI is InChI=1S/C25H27N5O/c31-25(17-11-12-22-20(15-17)19-8-2-1-3-9-21(19)26-22)29-13-6-7-18(16-29)24-28-27-23-10-4-5-14-30(23)24/h4-5,10-12,14-15,18,26H,1-3,6-9,13,16H2/t18-/m0/s1. The van der Waals surface area contributed by atoms with Crippen LogP contribution in [0.3, 0.4) is 0 Å². The molecule has 6 rings (SSSR count). The molecule has 6 nitrogen and oxygen atoms in total. The molecule has 2 aliphatic rings. The van der Waals surface area contributed by atoms with Crippen molar-refractivity contribution in [2.24, 2.45) is 0 Å². The number of nitrogens with one attached hydrogen (secondary N) is 1. The van der Waals surface area contributed by atoms with E-state index in [-0.39, 0.29) is 11.8 Å². The summed E-state index contributed by atoms with van der Waals surface area (Å²) in [7, 11) is 0. The maximum atomic E-state index is 13.5. The number of piperidine rings is 1. The van der Waals surface area contributed by atoms with Gasteiger partial charge in [-0.05, 0) is 74.4 Å². The third-order valence-electron chi connectivity index (χ3n) is 7.01. The lowest BCUT2D eigenvalue weighted by Crippen LogP contribution is -2.39. The van der Waals surface area contributed by atoms with Gasteiger partial charge in [-0.15, -0.1) is 10.2 Å². The lowest BCUT2D eigenvalue weighted by Gasteiger charge is -2.32. The second kappa shape index (κ2) is 7.52. The Kier molecular flexibility index (Phi) is 4.51. The van der Waals surface area contributed by atoms with Crippen molar-refractivity contribution in [1.82, 2.24) is 24.5 Å². The Labute approximate surface area is 181 Å². The van der Waals surface area contributed by atoms with E-state index in [1.54, 1.807) is 0 Å². The Hall–Kier alpha value is -3.15. The van der Waals surface area contributed by atoms with Crippen LogP contribution in [0.15, 0.2) is 42.6 Å². The van der Waals surface area contributed by atoms with Crippen molar-refractivity contribution in [1.29, 1.82) is 0 Å². The summed E-state index contributed by atoms with van der Waals surface area (Å²) >= 11 is 0. The largest absolute Gasteiger partial charge is 0.358 e. The van der Waals surface area contributed by atoms with Gasteiger partial charge < -0.3 is 9.88 Å². The second-order valence-electron chi connectivity index (χ2n) is 8.98. The molecule has 1 N–H and O–H groups in total. The summed E-state index contributed by atoms with van der Waals surface area (Å²) in [4.78, 5) is 19.1. The van der Waals surface area contributed by atoms with E-state index in [0.29, 0.717) is 6.54 Å². The summed E-state index contributed by atoms with van der Waals surface area (Å²) in [5, 5.41) is 9.99. The van der Waals surface area contributed by atoms with Gasteiger partial charge in [-0.2, -0.15) is 0 Å². The van der Waals surface area contributed by atoms with Gasteiger partial charge in [-0.1, -0.05) is 12.5 Å². The molecule has 0 spiro atoms. The fourth-order valence-corrected chi connectivity index (χ4v) is 5.41. The van der Waals surface area contributed by atoms with Gasteiger partial charge in [0, 0.05) is 47.4 Å². The minimum atomic E-state index is 0.129. The molecule has 158 valence electrons. The van der Waals surface area contributed by atoms with Crippen molar-refractivity contribution >= 4 is 22.5 Å². The van der Waals surface area contributed by atoms with E-state index >= 15 is 0 Å². The van der Waals surface area contributed by atoms with Crippen molar-refractivity contribution < 1.29 is 4.79 Å². The van der Waals surface area contributed by atoms with Crippen LogP contribution in [-0.4, -0.2) is 43.5 Å². The highest BCUT2D eigenvalue weighted by molar-refractivity contribution is 5.99. The first kappa shape index (κ1) is 18.6. The van der Waals surface area contributed by atoms with Crippen LogP contribution < -0.4 is 0 Å². The van der Waals surface area contributed by atoms with E-state index in [1.165, 1.54) is 35.9 Å². The molecular weight excluding hydrogens is 386 g/mol. The number of benzene rings is 1. The fraction of sp³-hybridized carbons (Fsp3) is 0.400. The van der Waals surface area contributed by atoms with Crippen LogP contribution in [0.25, 0.3) is 16.6 Å². The van der Waals surface area contributed by atoms with E-state index in [1.807, 2.05) is 35.4 Å². The molecular formula is C25H27N5O. The number of likely N-dealkylation sites (tertiary alicyclic amines) is 1. The Balaban J connectivity index is 1.29. The van der Waals surface area contributed by atoms with E-state index in [0.717, 1.165) is 54.8 Å². The van der Waals surface area contributed by atoms with E-state index in [9.17, 15) is 4.79 Å². The van der Waals surface area contributed by atoms with E-state index in [2.05, 4.69) is 31.7 Å². The van der Waals surface area contributed by atoms with Crippen LogP contribution in [-0.2, 0) is 12.8 Å². The van der Waals surface area contributed by atoms with Gasteiger partial charge in [0.1, 0.15) is 5.82 Å². The Morgan fingerprint density at radius 2 is 1.97 bits per heavy atom. The van der Waals surface area contributed by atoms with Gasteiger partial charge in [0.05, 0.1) is 0 Å². The van der Waals surface area contributed by atoms with E-state index < -0.39 is 0 Å². The number of hydrogen-bond acceptors (Lipinski definition) is 3. The number of nitrogens with zero attached hydrogens (tertiary/aromatic N) is 4. The highest BCUT2D eigenvalue weighted by atomic mass is 16.2. The van der Waals surface area contributed by atoms with E-state index in [4.69, 9.17) is 0 Å².